The van der Waals surface area contributed by atoms with Crippen LogP contribution in [0, 0.1) is 11.3 Å². The first-order valence-corrected chi connectivity index (χ1v) is 9.26. The van der Waals surface area contributed by atoms with E-state index in [2.05, 4.69) is 11.4 Å². The van der Waals surface area contributed by atoms with Crippen LogP contribution in [0.1, 0.15) is 33.3 Å². The van der Waals surface area contributed by atoms with Crippen molar-refractivity contribution in [3.05, 3.63) is 50.9 Å². The van der Waals surface area contributed by atoms with Crippen LogP contribution in [-0.2, 0) is 17.7 Å². The molecule has 26 heavy (non-hydrogen) atoms. The van der Waals surface area contributed by atoms with Crippen molar-refractivity contribution in [1.29, 1.82) is 5.26 Å². The average molecular weight is 390 g/mol. The van der Waals surface area contributed by atoms with E-state index >= 15 is 0 Å². The van der Waals surface area contributed by atoms with E-state index in [1.807, 2.05) is 0 Å². The van der Waals surface area contributed by atoms with Gasteiger partial charge in [0.2, 0.25) is 0 Å². The Bertz CT molecular complexity index is 904. The maximum atomic E-state index is 12.5. The number of nitrogens with zero attached hydrogens (tertiary/aromatic N) is 2. The molecule has 0 unspecified atom stereocenters. The van der Waals surface area contributed by atoms with Gasteiger partial charge in [-0.25, -0.2) is 4.79 Å². The molecule has 0 fully saturated rings. The molecule has 0 radical (unpaired) electrons. The predicted octanol–water partition coefficient (Wildman–Crippen LogP) is 4.04. The van der Waals surface area contributed by atoms with Crippen LogP contribution in [0.25, 0.3) is 0 Å². The van der Waals surface area contributed by atoms with Gasteiger partial charge in [-0.05, 0) is 31.0 Å². The van der Waals surface area contributed by atoms with Crippen LogP contribution in [0.3, 0.4) is 0 Å². The number of benzene rings is 1. The van der Waals surface area contributed by atoms with Gasteiger partial charge in [0.15, 0.2) is 0 Å². The number of halogens is 1. The van der Waals surface area contributed by atoms with Gasteiger partial charge in [-0.1, -0.05) is 23.7 Å². The Labute approximate surface area is 159 Å². The molecule has 0 aliphatic carbocycles. The first kappa shape index (κ1) is 18.2. The van der Waals surface area contributed by atoms with Crippen LogP contribution >= 0.6 is 22.9 Å². The number of thiophene rings is 1. The molecule has 2 aromatic rings. The lowest BCUT2D eigenvalue weighted by Gasteiger charge is -2.25. The molecule has 2 heterocycles. The molecule has 3 rings (SSSR count). The summed E-state index contributed by atoms with van der Waals surface area (Å²) >= 11 is 7.37. The Morgan fingerprint density at radius 1 is 1.42 bits per heavy atom. The summed E-state index contributed by atoms with van der Waals surface area (Å²) in [5.41, 5.74) is 1.68. The Morgan fingerprint density at radius 2 is 2.19 bits per heavy atom. The van der Waals surface area contributed by atoms with Crippen LogP contribution in [0.4, 0.5) is 9.80 Å². The number of carbonyl (C=O) groups excluding carboxylic acids is 2. The van der Waals surface area contributed by atoms with Crippen LogP contribution in [0.2, 0.25) is 5.02 Å². The van der Waals surface area contributed by atoms with Crippen LogP contribution in [0.15, 0.2) is 24.3 Å². The second kappa shape index (κ2) is 7.77. The smallest absolute Gasteiger partial charge is 0.410 e. The summed E-state index contributed by atoms with van der Waals surface area (Å²) in [6.07, 6.45) is 0.182. The van der Waals surface area contributed by atoms with E-state index in [9.17, 15) is 14.9 Å². The number of ether oxygens (including phenoxy) is 1. The van der Waals surface area contributed by atoms with E-state index in [-0.39, 0.29) is 12.0 Å². The van der Waals surface area contributed by atoms with E-state index in [0.29, 0.717) is 47.3 Å². The summed E-state index contributed by atoms with van der Waals surface area (Å²) in [6.45, 7) is 2.92. The van der Waals surface area contributed by atoms with Gasteiger partial charge in [-0.3, -0.25) is 4.79 Å². The molecule has 6 nitrogen and oxygen atoms in total. The third kappa shape index (κ3) is 3.52. The molecule has 134 valence electrons. The number of nitriles is 1. The molecule has 1 N–H and O–H groups in total. The summed E-state index contributed by atoms with van der Waals surface area (Å²) in [4.78, 5) is 26.9. The fourth-order valence-electron chi connectivity index (χ4n) is 2.80. The fourth-order valence-corrected chi connectivity index (χ4v) is 4.23. The first-order valence-electron chi connectivity index (χ1n) is 8.07. The highest BCUT2D eigenvalue weighted by Gasteiger charge is 2.28. The van der Waals surface area contributed by atoms with Gasteiger partial charge in [0, 0.05) is 11.4 Å². The molecule has 0 atom stereocenters. The van der Waals surface area contributed by atoms with E-state index < -0.39 is 0 Å². The largest absolute Gasteiger partial charge is 0.450 e. The third-order valence-electron chi connectivity index (χ3n) is 4.04. The minimum absolute atomic E-state index is 0.315. The first-order chi connectivity index (χ1) is 12.5. The second-order valence-corrected chi connectivity index (χ2v) is 7.14. The molecule has 8 heteroatoms. The maximum Gasteiger partial charge on any atom is 0.410 e. The molecule has 1 aromatic heterocycles. The van der Waals surface area contributed by atoms with Crippen molar-refractivity contribution in [3.63, 3.8) is 0 Å². The SMILES string of the molecule is CCOC(=O)N1CCc2c(sc(NC(=O)c3ccccc3Cl)c2C#N)C1. The van der Waals surface area contributed by atoms with Crippen LogP contribution in [0.5, 0.6) is 0 Å². The molecular weight excluding hydrogens is 374 g/mol. The van der Waals surface area contributed by atoms with E-state index in [1.54, 1.807) is 36.1 Å². The molecule has 0 saturated heterocycles. The number of hydrogen-bond donors (Lipinski definition) is 1. The second-order valence-electron chi connectivity index (χ2n) is 5.62. The lowest BCUT2D eigenvalue weighted by molar-refractivity contribution is 0.102. The molecule has 0 spiro atoms. The van der Waals surface area contributed by atoms with Gasteiger partial charge in [-0.15, -0.1) is 11.3 Å². The molecule has 0 bridgehead atoms. The van der Waals surface area contributed by atoms with E-state index in [1.165, 1.54) is 11.3 Å². The quantitative estimate of drug-likeness (QED) is 0.858. The van der Waals surface area contributed by atoms with Crippen molar-refractivity contribution in [1.82, 2.24) is 4.90 Å². The topological polar surface area (TPSA) is 82.4 Å². The minimum Gasteiger partial charge on any atom is -0.450 e. The van der Waals surface area contributed by atoms with Crippen LogP contribution < -0.4 is 5.32 Å². The van der Waals surface area contributed by atoms with Crippen molar-refractivity contribution < 1.29 is 14.3 Å². The van der Waals surface area contributed by atoms with Crippen molar-refractivity contribution in [2.45, 2.75) is 19.9 Å². The van der Waals surface area contributed by atoms with Gasteiger partial charge in [0.05, 0.1) is 29.3 Å². The summed E-state index contributed by atoms with van der Waals surface area (Å²) in [5, 5.41) is 13.1. The van der Waals surface area contributed by atoms with Crippen molar-refractivity contribution in [2.75, 3.05) is 18.5 Å². The zero-order valence-corrected chi connectivity index (χ0v) is 15.6. The highest BCUT2D eigenvalue weighted by Crippen LogP contribution is 2.37. The molecule has 0 saturated carbocycles. The summed E-state index contributed by atoms with van der Waals surface area (Å²) in [6, 6.07) is 8.90. The highest BCUT2D eigenvalue weighted by molar-refractivity contribution is 7.16. The Morgan fingerprint density at radius 3 is 2.88 bits per heavy atom. The fraction of sp³-hybridized carbons (Fsp3) is 0.278. The molecule has 2 amide bonds. The van der Waals surface area contributed by atoms with Gasteiger partial charge >= 0.3 is 6.09 Å². The van der Waals surface area contributed by atoms with E-state index in [4.69, 9.17) is 16.3 Å². The molecule has 1 aromatic carbocycles. The van der Waals surface area contributed by atoms with Crippen molar-refractivity contribution >= 4 is 39.9 Å². The Balaban J connectivity index is 1.84. The number of fused-ring (bicyclic) bond motifs is 1. The van der Waals surface area contributed by atoms with E-state index in [0.717, 1.165) is 10.4 Å². The number of anilines is 1. The Hall–Kier alpha value is -2.56. The third-order valence-corrected chi connectivity index (χ3v) is 5.50. The normalized spacial score (nSPS) is 12.9. The van der Waals surface area contributed by atoms with Gasteiger partial charge < -0.3 is 15.0 Å². The number of nitrogens with one attached hydrogen (secondary N) is 1. The zero-order chi connectivity index (χ0) is 18.7. The zero-order valence-electron chi connectivity index (χ0n) is 14.0. The number of carbonyl (C=O) groups is 2. The summed E-state index contributed by atoms with van der Waals surface area (Å²) < 4.78 is 5.04. The number of amides is 2. The molecular formula is C18H16ClN3O3S. The summed E-state index contributed by atoms with van der Waals surface area (Å²) in [5.74, 6) is -0.368. The van der Waals surface area contributed by atoms with Gasteiger partial charge in [0.1, 0.15) is 11.1 Å². The summed E-state index contributed by atoms with van der Waals surface area (Å²) in [7, 11) is 0. The maximum absolute atomic E-state index is 12.5. The molecule has 1 aliphatic rings. The lowest BCUT2D eigenvalue weighted by Crippen LogP contribution is -2.35. The Kier molecular flexibility index (Phi) is 5.45. The minimum atomic E-state index is -0.369. The van der Waals surface area contributed by atoms with Crippen molar-refractivity contribution in [3.8, 4) is 6.07 Å². The molecule has 1 aliphatic heterocycles. The average Bonchev–Trinajstić information content (AvgIpc) is 2.98. The van der Waals surface area contributed by atoms with Crippen LogP contribution in [-0.4, -0.2) is 30.1 Å². The highest BCUT2D eigenvalue weighted by atomic mass is 35.5. The van der Waals surface area contributed by atoms with Crippen molar-refractivity contribution in [2.24, 2.45) is 0 Å². The number of rotatable bonds is 3. The van der Waals surface area contributed by atoms with Gasteiger partial charge in [-0.2, -0.15) is 5.26 Å². The number of hydrogen-bond acceptors (Lipinski definition) is 5. The monoisotopic (exact) mass is 389 g/mol. The lowest BCUT2D eigenvalue weighted by atomic mass is 10.0. The predicted molar refractivity (Wildman–Crippen MR) is 99.6 cm³/mol. The van der Waals surface area contributed by atoms with Gasteiger partial charge in [0.25, 0.3) is 5.91 Å². The standard InChI is InChI=1S/C18H16ClN3O3S/c1-2-25-18(24)22-8-7-11-13(9-20)17(26-15(11)10-22)21-16(23)12-5-3-4-6-14(12)19/h3-6H,2,7-8,10H2,1H3,(H,21,23).